The topological polar surface area (TPSA) is 91.6 Å². The van der Waals surface area contributed by atoms with Gasteiger partial charge in [0.1, 0.15) is 0 Å². The highest BCUT2D eigenvalue weighted by atomic mass is 16.5. The average Bonchev–Trinajstić information content (AvgIpc) is 3.16. The van der Waals surface area contributed by atoms with Gasteiger partial charge >= 0.3 is 0 Å². The zero-order valence-corrected chi connectivity index (χ0v) is 19.2. The first-order valence-electron chi connectivity index (χ1n) is 12.2. The van der Waals surface area contributed by atoms with E-state index in [2.05, 4.69) is 11.8 Å². The molecular formula is C24H39NO6. The van der Waals surface area contributed by atoms with Gasteiger partial charge in [0.2, 0.25) is 0 Å². The predicted octanol–water partition coefficient (Wildman–Crippen LogP) is 0.502. The van der Waals surface area contributed by atoms with Crippen LogP contribution >= 0.6 is 0 Å². The molecule has 5 unspecified atom stereocenters. The number of aliphatic hydroxyl groups excluding tert-OH is 2. The second kappa shape index (κ2) is 6.65. The summed E-state index contributed by atoms with van der Waals surface area (Å²) in [6.07, 6.45) is 1.65. The summed E-state index contributed by atoms with van der Waals surface area (Å²) in [5, 5.41) is 35.7. The van der Waals surface area contributed by atoms with Gasteiger partial charge in [-0.3, -0.25) is 4.90 Å². The summed E-state index contributed by atoms with van der Waals surface area (Å²) in [7, 11) is 5.24. The van der Waals surface area contributed by atoms with Crippen LogP contribution < -0.4 is 0 Å². The fourth-order valence-electron chi connectivity index (χ4n) is 10.7. The molecule has 6 fully saturated rings. The highest BCUT2D eigenvalue weighted by Crippen LogP contribution is 2.79. The fourth-order valence-corrected chi connectivity index (χ4v) is 10.7. The lowest BCUT2D eigenvalue weighted by atomic mass is 9.43. The molecule has 176 valence electrons. The summed E-state index contributed by atoms with van der Waals surface area (Å²) in [6.45, 7) is 4.63. The number of nitrogens with zero attached hydrogens (tertiary/aromatic N) is 1. The van der Waals surface area contributed by atoms with Crippen LogP contribution in [0, 0.1) is 40.4 Å². The second-order valence-electron chi connectivity index (χ2n) is 11.6. The Morgan fingerprint density at radius 3 is 2.52 bits per heavy atom. The van der Waals surface area contributed by atoms with E-state index in [9.17, 15) is 15.3 Å². The largest absolute Gasteiger partial charge is 0.392 e. The number of piperidine rings is 1. The molecule has 7 nitrogen and oxygen atoms in total. The summed E-state index contributed by atoms with van der Waals surface area (Å²) in [5.41, 5.74) is -1.54. The Balaban J connectivity index is 1.62. The van der Waals surface area contributed by atoms with Crippen LogP contribution in [0.3, 0.4) is 0 Å². The minimum absolute atomic E-state index is 0.0248. The van der Waals surface area contributed by atoms with E-state index >= 15 is 0 Å². The first-order valence-corrected chi connectivity index (χ1v) is 12.2. The summed E-state index contributed by atoms with van der Waals surface area (Å²) < 4.78 is 18.0. The predicted molar refractivity (Wildman–Crippen MR) is 112 cm³/mol. The van der Waals surface area contributed by atoms with Crippen LogP contribution in [0.5, 0.6) is 0 Å². The number of fused-ring (bicyclic) bond motifs is 2. The molecule has 1 aliphatic heterocycles. The van der Waals surface area contributed by atoms with Crippen LogP contribution in [-0.4, -0.2) is 97.3 Å². The molecule has 6 aliphatic rings. The van der Waals surface area contributed by atoms with Crippen LogP contribution in [0.1, 0.15) is 32.6 Å². The van der Waals surface area contributed by atoms with E-state index in [-0.39, 0.29) is 58.7 Å². The van der Waals surface area contributed by atoms with Crippen molar-refractivity contribution >= 4 is 0 Å². The zero-order chi connectivity index (χ0) is 21.9. The number of likely N-dealkylation sites (tertiary alicyclic amines) is 1. The molecular weight excluding hydrogens is 398 g/mol. The Kier molecular flexibility index (Phi) is 4.56. The minimum Gasteiger partial charge on any atom is -0.392 e. The van der Waals surface area contributed by atoms with E-state index in [1.165, 1.54) is 0 Å². The Hall–Kier alpha value is -0.280. The molecule has 3 N–H and O–H groups in total. The van der Waals surface area contributed by atoms with Gasteiger partial charge in [0.25, 0.3) is 0 Å². The molecule has 0 aromatic rings. The number of hydrogen-bond acceptors (Lipinski definition) is 7. The SMILES string of the molecule is CCN1C[C@]2(COC)CC[C@H](O)[C@@]34C5C[C@H]6C(O)C5[C@](O)(C[C@H]6OC)[C@@H](C(OC)C23)[C@@H]14. The van der Waals surface area contributed by atoms with Crippen molar-refractivity contribution < 1.29 is 29.5 Å². The maximum atomic E-state index is 12.5. The highest BCUT2D eigenvalue weighted by molar-refractivity contribution is 5.35. The molecule has 6 rings (SSSR count). The lowest BCUT2D eigenvalue weighted by Gasteiger charge is -2.68. The van der Waals surface area contributed by atoms with E-state index in [4.69, 9.17) is 14.2 Å². The molecule has 7 heteroatoms. The Bertz CT molecular complexity index is 752. The van der Waals surface area contributed by atoms with E-state index < -0.39 is 17.8 Å². The van der Waals surface area contributed by atoms with Crippen molar-refractivity contribution in [2.45, 2.75) is 68.7 Å². The van der Waals surface area contributed by atoms with Gasteiger partial charge in [-0.15, -0.1) is 0 Å². The third kappa shape index (κ3) is 2.12. The average molecular weight is 438 g/mol. The van der Waals surface area contributed by atoms with Gasteiger partial charge in [0.05, 0.1) is 36.6 Å². The Labute approximate surface area is 185 Å². The molecule has 0 aromatic heterocycles. The summed E-state index contributed by atoms with van der Waals surface area (Å²) >= 11 is 0. The molecule has 5 aliphatic carbocycles. The maximum Gasteiger partial charge on any atom is 0.0796 e. The molecule has 0 aromatic carbocycles. The smallest absolute Gasteiger partial charge is 0.0796 e. The maximum absolute atomic E-state index is 12.5. The van der Waals surface area contributed by atoms with Gasteiger partial charge in [-0.05, 0) is 31.7 Å². The number of rotatable bonds is 5. The van der Waals surface area contributed by atoms with Gasteiger partial charge in [-0.25, -0.2) is 0 Å². The Morgan fingerprint density at radius 2 is 1.87 bits per heavy atom. The normalized spacial score (nSPS) is 61.6. The first kappa shape index (κ1) is 21.3. The third-order valence-electron chi connectivity index (χ3n) is 11.1. The minimum atomic E-state index is -1.05. The lowest BCUT2D eigenvalue weighted by Crippen LogP contribution is -2.76. The van der Waals surface area contributed by atoms with E-state index in [0.29, 0.717) is 13.0 Å². The van der Waals surface area contributed by atoms with E-state index in [1.807, 2.05) is 0 Å². The molecule has 1 heterocycles. The van der Waals surface area contributed by atoms with E-state index in [0.717, 1.165) is 32.4 Å². The zero-order valence-electron chi connectivity index (χ0n) is 19.2. The van der Waals surface area contributed by atoms with Crippen molar-refractivity contribution in [3.8, 4) is 0 Å². The monoisotopic (exact) mass is 437 g/mol. The van der Waals surface area contributed by atoms with Gasteiger partial charge in [0, 0.05) is 74.8 Å². The summed E-state index contributed by atoms with van der Waals surface area (Å²) in [6, 6.07) is 0.0561. The molecule has 31 heavy (non-hydrogen) atoms. The number of methoxy groups -OCH3 is 3. The van der Waals surface area contributed by atoms with Crippen LogP contribution in [-0.2, 0) is 14.2 Å². The van der Waals surface area contributed by atoms with Crippen molar-refractivity contribution in [1.29, 1.82) is 0 Å². The third-order valence-corrected chi connectivity index (χ3v) is 11.1. The molecule has 0 amide bonds. The summed E-state index contributed by atoms with van der Waals surface area (Å²) in [4.78, 5) is 2.52. The second-order valence-corrected chi connectivity index (χ2v) is 11.6. The number of aliphatic hydroxyl groups is 3. The van der Waals surface area contributed by atoms with Crippen molar-refractivity contribution in [2.75, 3.05) is 41.0 Å². The molecule has 0 radical (unpaired) electrons. The van der Waals surface area contributed by atoms with Gasteiger partial charge in [0.15, 0.2) is 0 Å². The van der Waals surface area contributed by atoms with Crippen LogP contribution in [0.2, 0.25) is 0 Å². The quantitative estimate of drug-likeness (QED) is 0.577. The van der Waals surface area contributed by atoms with Crippen LogP contribution in [0.15, 0.2) is 0 Å². The molecule has 13 atom stereocenters. The van der Waals surface area contributed by atoms with Crippen molar-refractivity contribution in [3.05, 3.63) is 0 Å². The van der Waals surface area contributed by atoms with Crippen molar-refractivity contribution in [2.24, 2.45) is 40.4 Å². The molecule has 1 spiro atoms. The fraction of sp³-hybridized carbons (Fsp3) is 1.00. The van der Waals surface area contributed by atoms with Gasteiger partial charge in [-0.2, -0.15) is 0 Å². The van der Waals surface area contributed by atoms with Crippen molar-refractivity contribution in [3.63, 3.8) is 0 Å². The number of hydrogen-bond donors (Lipinski definition) is 3. The van der Waals surface area contributed by atoms with Crippen LogP contribution in [0.4, 0.5) is 0 Å². The van der Waals surface area contributed by atoms with E-state index in [1.54, 1.807) is 21.3 Å². The van der Waals surface area contributed by atoms with Gasteiger partial charge < -0.3 is 29.5 Å². The highest BCUT2D eigenvalue weighted by Gasteiger charge is 2.86. The number of ether oxygens (including phenoxy) is 3. The molecule has 7 bridgehead atoms. The Morgan fingerprint density at radius 1 is 1.10 bits per heavy atom. The standard InChI is InChI=1S/C24H39NO6/c1-5-25-10-22(11-29-2)7-6-15(26)24-13-8-12-14(30-3)9-23(28,16(13)18(12)27)17(21(24)25)19(31-4)20(22)24/h12-21,26-28H,5-11H2,1-4H3/t12-,13?,14-,15+,16?,17+,18?,19?,20?,21-,22+,23-,24+/m1/s1. The van der Waals surface area contributed by atoms with Crippen molar-refractivity contribution in [1.82, 2.24) is 4.90 Å². The first-order chi connectivity index (χ1) is 14.9. The van der Waals surface area contributed by atoms with Gasteiger partial charge in [-0.1, -0.05) is 6.92 Å². The molecule has 5 saturated carbocycles. The molecule has 1 saturated heterocycles. The lowest BCUT2D eigenvalue weighted by molar-refractivity contribution is -0.272. The summed E-state index contributed by atoms with van der Waals surface area (Å²) in [5.74, 6) is -0.168. The van der Waals surface area contributed by atoms with Crippen LogP contribution in [0.25, 0.3) is 0 Å².